The number of carbonyl (C=O) groups is 1. The number of nitrogens with one attached hydrogen (secondary N) is 1. The lowest BCUT2D eigenvalue weighted by molar-refractivity contribution is 0.0956. The average molecular weight is 186 g/mol. The molecule has 4 heteroatoms. The summed E-state index contributed by atoms with van der Waals surface area (Å²) in [5, 5.41) is 12.1. The maximum Gasteiger partial charge on any atom is 0.407 e. The Kier molecular flexibility index (Phi) is 3.14. The smallest absolute Gasteiger partial charge is 0.407 e. The second-order valence-electron chi connectivity index (χ2n) is 4.04. The van der Waals surface area contributed by atoms with Crippen LogP contribution in [0.2, 0.25) is 0 Å². The van der Waals surface area contributed by atoms with E-state index < -0.39 is 6.09 Å². The van der Waals surface area contributed by atoms with Crippen molar-refractivity contribution >= 4 is 6.09 Å². The third-order valence-corrected chi connectivity index (χ3v) is 2.53. The Balaban J connectivity index is 2.21. The topological polar surface area (TPSA) is 52.6 Å². The van der Waals surface area contributed by atoms with Crippen LogP contribution in [0.4, 0.5) is 4.79 Å². The lowest BCUT2D eigenvalue weighted by atomic mass is 9.85. The van der Waals surface area contributed by atoms with Gasteiger partial charge in [-0.2, -0.15) is 0 Å². The molecule has 0 spiro atoms. The van der Waals surface area contributed by atoms with Gasteiger partial charge in [-0.05, 0) is 12.8 Å². The summed E-state index contributed by atoms with van der Waals surface area (Å²) in [6.07, 6.45) is 1.06. The number of amides is 1. The Hall–Kier alpha value is -0.770. The first-order chi connectivity index (χ1) is 6.00. The molecule has 1 aliphatic carbocycles. The summed E-state index contributed by atoms with van der Waals surface area (Å²) in [4.78, 5) is 12.0. The van der Waals surface area contributed by atoms with Gasteiger partial charge in [0.15, 0.2) is 0 Å². The number of rotatable bonds is 3. The number of hydrogen-bond donors (Lipinski definition) is 2. The Labute approximate surface area is 78.9 Å². The molecule has 4 nitrogen and oxygen atoms in total. The van der Waals surface area contributed by atoms with Gasteiger partial charge in [-0.1, -0.05) is 13.8 Å². The minimum absolute atomic E-state index is 0.216. The maximum absolute atomic E-state index is 10.6. The Morgan fingerprint density at radius 3 is 2.46 bits per heavy atom. The molecule has 1 aliphatic rings. The standard InChI is InChI=1S/C9H18N2O2/c1-6(2)10-7-4-8(5-7)11(3)9(12)13/h6-8,10H,4-5H2,1-3H3,(H,12,13)/t7-,8-. The first kappa shape index (κ1) is 10.3. The van der Waals surface area contributed by atoms with Gasteiger partial charge in [0, 0.05) is 25.2 Å². The van der Waals surface area contributed by atoms with Crippen LogP contribution < -0.4 is 5.32 Å². The lowest BCUT2D eigenvalue weighted by Gasteiger charge is -2.41. The SMILES string of the molecule is CC(C)N[C@H]1C[C@H](N(C)C(=O)O)C1. The summed E-state index contributed by atoms with van der Waals surface area (Å²) in [5.74, 6) is 0. The van der Waals surface area contributed by atoms with Gasteiger partial charge in [-0.15, -0.1) is 0 Å². The highest BCUT2D eigenvalue weighted by molar-refractivity contribution is 5.65. The van der Waals surface area contributed by atoms with Crippen molar-refractivity contribution in [3.05, 3.63) is 0 Å². The van der Waals surface area contributed by atoms with Crippen LogP contribution in [-0.4, -0.2) is 41.3 Å². The van der Waals surface area contributed by atoms with Gasteiger partial charge in [0.2, 0.25) is 0 Å². The summed E-state index contributed by atoms with van der Waals surface area (Å²) in [6.45, 7) is 4.21. The van der Waals surface area contributed by atoms with E-state index in [0.717, 1.165) is 12.8 Å². The van der Waals surface area contributed by atoms with Gasteiger partial charge in [0.05, 0.1) is 0 Å². The second kappa shape index (κ2) is 3.96. The highest BCUT2D eigenvalue weighted by Gasteiger charge is 2.33. The Bertz CT molecular complexity index is 188. The molecule has 0 saturated heterocycles. The summed E-state index contributed by atoms with van der Waals surface area (Å²) in [7, 11) is 1.64. The molecule has 76 valence electrons. The highest BCUT2D eigenvalue weighted by atomic mass is 16.4. The predicted octanol–water partition coefficient (Wildman–Crippen LogP) is 1.13. The Morgan fingerprint density at radius 2 is 2.08 bits per heavy atom. The van der Waals surface area contributed by atoms with Crippen LogP contribution in [0.1, 0.15) is 26.7 Å². The molecule has 1 fully saturated rings. The van der Waals surface area contributed by atoms with E-state index in [1.807, 2.05) is 0 Å². The molecule has 0 aromatic heterocycles. The van der Waals surface area contributed by atoms with E-state index in [1.54, 1.807) is 7.05 Å². The number of carboxylic acid groups (broad SMARTS) is 1. The fraction of sp³-hybridized carbons (Fsp3) is 0.889. The predicted molar refractivity (Wildman–Crippen MR) is 50.9 cm³/mol. The number of nitrogens with zero attached hydrogens (tertiary/aromatic N) is 1. The zero-order valence-corrected chi connectivity index (χ0v) is 8.45. The first-order valence-electron chi connectivity index (χ1n) is 4.72. The quantitative estimate of drug-likeness (QED) is 0.694. The molecule has 0 aliphatic heterocycles. The van der Waals surface area contributed by atoms with Crippen molar-refractivity contribution in [3.8, 4) is 0 Å². The molecule has 0 aromatic rings. The van der Waals surface area contributed by atoms with Crippen molar-refractivity contribution in [3.63, 3.8) is 0 Å². The molecule has 0 aromatic carbocycles. The normalized spacial score (nSPS) is 27.1. The van der Waals surface area contributed by atoms with Crippen LogP contribution in [-0.2, 0) is 0 Å². The van der Waals surface area contributed by atoms with Crippen LogP contribution in [0.15, 0.2) is 0 Å². The van der Waals surface area contributed by atoms with Gasteiger partial charge < -0.3 is 15.3 Å². The molecule has 13 heavy (non-hydrogen) atoms. The van der Waals surface area contributed by atoms with Gasteiger partial charge in [-0.25, -0.2) is 4.79 Å². The van der Waals surface area contributed by atoms with E-state index in [2.05, 4.69) is 19.2 Å². The van der Waals surface area contributed by atoms with E-state index in [4.69, 9.17) is 5.11 Å². The number of hydrogen-bond acceptors (Lipinski definition) is 2. The minimum Gasteiger partial charge on any atom is -0.465 e. The average Bonchev–Trinajstić information content (AvgIpc) is 1.94. The molecule has 2 N–H and O–H groups in total. The van der Waals surface area contributed by atoms with Crippen molar-refractivity contribution < 1.29 is 9.90 Å². The van der Waals surface area contributed by atoms with E-state index >= 15 is 0 Å². The monoisotopic (exact) mass is 186 g/mol. The molecular weight excluding hydrogens is 168 g/mol. The molecule has 1 amide bonds. The molecule has 0 bridgehead atoms. The third kappa shape index (κ3) is 2.59. The fourth-order valence-electron chi connectivity index (χ4n) is 1.67. The summed E-state index contributed by atoms with van der Waals surface area (Å²) >= 11 is 0. The maximum atomic E-state index is 10.6. The largest absolute Gasteiger partial charge is 0.465 e. The molecule has 0 unspecified atom stereocenters. The Morgan fingerprint density at radius 1 is 1.54 bits per heavy atom. The fourth-order valence-corrected chi connectivity index (χ4v) is 1.67. The minimum atomic E-state index is -0.826. The first-order valence-corrected chi connectivity index (χ1v) is 4.72. The van der Waals surface area contributed by atoms with Gasteiger partial charge in [-0.3, -0.25) is 0 Å². The molecular formula is C9H18N2O2. The van der Waals surface area contributed by atoms with Crippen LogP contribution in [0.3, 0.4) is 0 Å². The van der Waals surface area contributed by atoms with Crippen LogP contribution in [0.5, 0.6) is 0 Å². The van der Waals surface area contributed by atoms with Crippen LogP contribution in [0, 0.1) is 0 Å². The molecule has 1 saturated carbocycles. The van der Waals surface area contributed by atoms with E-state index in [1.165, 1.54) is 4.90 Å². The van der Waals surface area contributed by atoms with Crippen molar-refractivity contribution in [2.75, 3.05) is 7.05 Å². The van der Waals surface area contributed by atoms with E-state index in [-0.39, 0.29) is 6.04 Å². The molecule has 0 radical (unpaired) electrons. The van der Waals surface area contributed by atoms with E-state index in [9.17, 15) is 4.79 Å². The second-order valence-corrected chi connectivity index (χ2v) is 4.04. The molecule has 0 atom stereocenters. The molecule has 0 heterocycles. The van der Waals surface area contributed by atoms with Gasteiger partial charge in [0.1, 0.15) is 0 Å². The lowest BCUT2D eigenvalue weighted by Crippen LogP contribution is -2.54. The summed E-state index contributed by atoms with van der Waals surface area (Å²) < 4.78 is 0. The van der Waals surface area contributed by atoms with E-state index in [0.29, 0.717) is 12.1 Å². The summed E-state index contributed by atoms with van der Waals surface area (Å²) in [5.41, 5.74) is 0. The van der Waals surface area contributed by atoms with Gasteiger partial charge in [0.25, 0.3) is 0 Å². The zero-order chi connectivity index (χ0) is 10.0. The van der Waals surface area contributed by atoms with Crippen LogP contribution in [0.25, 0.3) is 0 Å². The van der Waals surface area contributed by atoms with Crippen LogP contribution >= 0.6 is 0 Å². The highest BCUT2D eigenvalue weighted by Crippen LogP contribution is 2.24. The third-order valence-electron chi connectivity index (χ3n) is 2.53. The van der Waals surface area contributed by atoms with Gasteiger partial charge >= 0.3 is 6.09 Å². The van der Waals surface area contributed by atoms with Crippen molar-refractivity contribution in [1.82, 2.24) is 10.2 Å². The zero-order valence-electron chi connectivity index (χ0n) is 8.45. The van der Waals surface area contributed by atoms with Crippen molar-refractivity contribution in [2.24, 2.45) is 0 Å². The van der Waals surface area contributed by atoms with Crippen molar-refractivity contribution in [2.45, 2.75) is 44.8 Å². The summed E-state index contributed by atoms with van der Waals surface area (Å²) in [6, 6.07) is 1.21. The van der Waals surface area contributed by atoms with Crippen molar-refractivity contribution in [1.29, 1.82) is 0 Å². The molecule has 1 rings (SSSR count).